The zero-order valence-electron chi connectivity index (χ0n) is 10.8. The van der Waals surface area contributed by atoms with E-state index in [1.165, 1.54) is 23.0 Å². The van der Waals surface area contributed by atoms with Gasteiger partial charge in [0, 0.05) is 10.1 Å². The molecular weight excluding hydrogens is 287 g/mol. The lowest BCUT2D eigenvalue weighted by Gasteiger charge is -2.06. The molecule has 3 nitrogen and oxygen atoms in total. The summed E-state index contributed by atoms with van der Waals surface area (Å²) >= 11 is 1.60. The van der Waals surface area contributed by atoms with Gasteiger partial charge >= 0.3 is 0 Å². The maximum Gasteiger partial charge on any atom is 0.279 e. The zero-order valence-corrected chi connectivity index (χ0v) is 11.6. The van der Waals surface area contributed by atoms with Crippen molar-refractivity contribution in [2.45, 2.75) is 0 Å². The van der Waals surface area contributed by atoms with Gasteiger partial charge in [-0.3, -0.25) is 4.79 Å². The minimum atomic E-state index is -0.432. The number of nitrogens with zero attached hydrogens (tertiary/aromatic N) is 2. The number of thiophene rings is 1. The first kappa shape index (κ1) is 12.2. The van der Waals surface area contributed by atoms with Gasteiger partial charge in [-0.1, -0.05) is 12.1 Å². The molecule has 0 spiro atoms. The molecule has 102 valence electrons. The lowest BCUT2D eigenvalue weighted by molar-refractivity contribution is 0.638. The SMILES string of the molecule is O=c1c2cccc(F)c2cnn1-c1ccc2ccsc2c1. The van der Waals surface area contributed by atoms with E-state index in [1.807, 2.05) is 29.6 Å². The van der Waals surface area contributed by atoms with Crippen molar-refractivity contribution in [3.05, 3.63) is 70.2 Å². The fraction of sp³-hybridized carbons (Fsp3) is 0. The second-order valence-corrected chi connectivity index (χ2v) is 5.65. The first-order valence-electron chi connectivity index (χ1n) is 6.38. The molecule has 0 saturated heterocycles. The third kappa shape index (κ3) is 1.86. The van der Waals surface area contributed by atoms with Crippen LogP contribution in [0.2, 0.25) is 0 Å². The van der Waals surface area contributed by atoms with Crippen LogP contribution in [0.25, 0.3) is 26.5 Å². The summed E-state index contributed by atoms with van der Waals surface area (Å²) < 4.78 is 16.1. The molecule has 2 aromatic carbocycles. The summed E-state index contributed by atoms with van der Waals surface area (Å²) in [5, 5.41) is 7.80. The summed E-state index contributed by atoms with van der Waals surface area (Å²) in [7, 11) is 0. The van der Waals surface area contributed by atoms with E-state index < -0.39 is 5.82 Å². The van der Waals surface area contributed by atoms with Gasteiger partial charge < -0.3 is 0 Å². The topological polar surface area (TPSA) is 34.9 Å². The lowest BCUT2D eigenvalue weighted by Crippen LogP contribution is -2.21. The predicted molar refractivity (Wildman–Crippen MR) is 82.7 cm³/mol. The average molecular weight is 296 g/mol. The first-order valence-corrected chi connectivity index (χ1v) is 7.26. The van der Waals surface area contributed by atoms with Gasteiger partial charge in [-0.2, -0.15) is 9.78 Å². The van der Waals surface area contributed by atoms with Crippen LogP contribution in [0.5, 0.6) is 0 Å². The summed E-state index contributed by atoms with van der Waals surface area (Å²) in [5.41, 5.74) is 0.365. The molecule has 0 amide bonds. The van der Waals surface area contributed by atoms with Gasteiger partial charge in [0.1, 0.15) is 5.82 Å². The van der Waals surface area contributed by atoms with Crippen LogP contribution in [0, 0.1) is 5.82 Å². The molecule has 4 aromatic rings. The quantitative estimate of drug-likeness (QED) is 0.536. The summed E-state index contributed by atoms with van der Waals surface area (Å²) in [6.07, 6.45) is 1.39. The molecule has 4 rings (SSSR count). The summed E-state index contributed by atoms with van der Waals surface area (Å²) in [4.78, 5) is 12.5. The minimum Gasteiger partial charge on any atom is -0.267 e. The Labute approximate surface area is 122 Å². The van der Waals surface area contributed by atoms with Gasteiger partial charge in [0.2, 0.25) is 0 Å². The van der Waals surface area contributed by atoms with E-state index in [1.54, 1.807) is 17.4 Å². The minimum absolute atomic E-state index is 0.246. The highest BCUT2D eigenvalue weighted by Gasteiger charge is 2.09. The Hall–Kier alpha value is -2.53. The molecule has 0 atom stereocenters. The van der Waals surface area contributed by atoms with E-state index >= 15 is 0 Å². The van der Waals surface area contributed by atoms with Crippen molar-refractivity contribution in [2.24, 2.45) is 0 Å². The van der Waals surface area contributed by atoms with Crippen molar-refractivity contribution in [3.8, 4) is 5.69 Å². The number of rotatable bonds is 1. The van der Waals surface area contributed by atoms with E-state index in [-0.39, 0.29) is 10.9 Å². The Morgan fingerprint density at radius 2 is 2.00 bits per heavy atom. The molecule has 0 aliphatic rings. The van der Waals surface area contributed by atoms with Crippen molar-refractivity contribution in [2.75, 3.05) is 0 Å². The Morgan fingerprint density at radius 1 is 1.10 bits per heavy atom. The molecule has 21 heavy (non-hydrogen) atoms. The van der Waals surface area contributed by atoms with Gasteiger partial charge in [0.25, 0.3) is 5.56 Å². The van der Waals surface area contributed by atoms with Gasteiger partial charge in [0.15, 0.2) is 0 Å². The zero-order chi connectivity index (χ0) is 14.4. The fourth-order valence-corrected chi connectivity index (χ4v) is 3.22. The van der Waals surface area contributed by atoms with Crippen molar-refractivity contribution < 1.29 is 4.39 Å². The van der Waals surface area contributed by atoms with Crippen molar-refractivity contribution in [3.63, 3.8) is 0 Å². The molecule has 2 aromatic heterocycles. The van der Waals surface area contributed by atoms with Crippen molar-refractivity contribution >= 4 is 32.2 Å². The van der Waals surface area contributed by atoms with E-state index in [4.69, 9.17) is 0 Å². The Kier molecular flexibility index (Phi) is 2.62. The number of hydrogen-bond donors (Lipinski definition) is 0. The maximum atomic E-state index is 13.7. The van der Waals surface area contributed by atoms with Gasteiger partial charge in [-0.05, 0) is 41.1 Å². The van der Waals surface area contributed by atoms with E-state index in [2.05, 4.69) is 5.10 Å². The van der Waals surface area contributed by atoms with Crippen LogP contribution < -0.4 is 5.56 Å². The third-order valence-electron chi connectivity index (χ3n) is 3.46. The summed E-state index contributed by atoms with van der Waals surface area (Å²) in [5.74, 6) is -0.432. The highest BCUT2D eigenvalue weighted by Crippen LogP contribution is 2.23. The Morgan fingerprint density at radius 3 is 2.90 bits per heavy atom. The predicted octanol–water partition coefficient (Wildman–Crippen LogP) is 3.74. The molecule has 0 N–H and O–H groups in total. The molecule has 0 aliphatic carbocycles. The van der Waals surface area contributed by atoms with Crippen LogP contribution in [0.4, 0.5) is 4.39 Å². The summed E-state index contributed by atoms with van der Waals surface area (Å²) in [6, 6.07) is 12.2. The molecule has 2 heterocycles. The Balaban J connectivity index is 2.02. The summed E-state index contributed by atoms with van der Waals surface area (Å²) in [6.45, 7) is 0. The van der Waals surface area contributed by atoms with Gasteiger partial charge in [0.05, 0.1) is 17.3 Å². The van der Waals surface area contributed by atoms with Crippen LogP contribution in [-0.4, -0.2) is 9.78 Å². The highest BCUT2D eigenvalue weighted by atomic mass is 32.1. The number of benzene rings is 2. The lowest BCUT2D eigenvalue weighted by atomic mass is 10.2. The third-order valence-corrected chi connectivity index (χ3v) is 4.34. The first-order chi connectivity index (χ1) is 10.2. The van der Waals surface area contributed by atoms with Crippen LogP contribution >= 0.6 is 11.3 Å². The number of hydrogen-bond acceptors (Lipinski definition) is 3. The largest absolute Gasteiger partial charge is 0.279 e. The molecular formula is C16H9FN2OS. The smallest absolute Gasteiger partial charge is 0.267 e. The van der Waals surface area contributed by atoms with Crippen molar-refractivity contribution in [1.29, 1.82) is 0 Å². The maximum absolute atomic E-state index is 13.7. The van der Waals surface area contributed by atoms with Gasteiger partial charge in [-0.25, -0.2) is 4.39 Å². The molecule has 0 bridgehead atoms. The Bertz CT molecular complexity index is 1040. The molecule has 0 aliphatic heterocycles. The second kappa shape index (κ2) is 4.49. The van der Waals surface area contributed by atoms with Crippen LogP contribution in [0.3, 0.4) is 0 Å². The van der Waals surface area contributed by atoms with Crippen molar-refractivity contribution in [1.82, 2.24) is 9.78 Å². The number of aromatic nitrogens is 2. The second-order valence-electron chi connectivity index (χ2n) is 4.71. The fourth-order valence-electron chi connectivity index (χ4n) is 2.40. The van der Waals surface area contributed by atoms with Crippen LogP contribution in [-0.2, 0) is 0 Å². The van der Waals surface area contributed by atoms with E-state index in [0.717, 1.165) is 10.1 Å². The molecule has 0 unspecified atom stereocenters. The molecule has 0 fully saturated rings. The average Bonchev–Trinajstić information content (AvgIpc) is 2.96. The highest BCUT2D eigenvalue weighted by molar-refractivity contribution is 7.17. The normalized spacial score (nSPS) is 11.3. The van der Waals surface area contributed by atoms with E-state index in [0.29, 0.717) is 11.1 Å². The van der Waals surface area contributed by atoms with Crippen LogP contribution in [0.1, 0.15) is 0 Å². The molecule has 0 saturated carbocycles. The molecule has 5 heteroatoms. The number of halogens is 1. The standard InChI is InChI=1S/C16H9FN2OS/c17-14-3-1-2-12-13(14)9-18-19(16(12)20)11-5-4-10-6-7-21-15(10)8-11/h1-9H. The van der Waals surface area contributed by atoms with Crippen LogP contribution in [0.15, 0.2) is 58.8 Å². The monoisotopic (exact) mass is 296 g/mol. The molecule has 0 radical (unpaired) electrons. The van der Waals surface area contributed by atoms with E-state index in [9.17, 15) is 9.18 Å². The van der Waals surface area contributed by atoms with Gasteiger partial charge in [-0.15, -0.1) is 11.3 Å². The number of fused-ring (bicyclic) bond motifs is 2.